The van der Waals surface area contributed by atoms with Crippen molar-refractivity contribution >= 4 is 23.2 Å². The number of rotatable bonds is 2. The molecule has 110 valence electrons. The molecular formula is C16H14N3O3+. The number of hydrogen-bond acceptors (Lipinski definition) is 5. The van der Waals surface area contributed by atoms with Crippen molar-refractivity contribution in [2.75, 3.05) is 12.8 Å². The quantitative estimate of drug-likeness (QED) is 0.524. The minimum absolute atomic E-state index is 0.134. The van der Waals surface area contributed by atoms with E-state index in [-0.39, 0.29) is 17.8 Å². The van der Waals surface area contributed by atoms with E-state index < -0.39 is 5.97 Å². The molecule has 0 atom stereocenters. The van der Waals surface area contributed by atoms with Crippen molar-refractivity contribution in [3.8, 4) is 0 Å². The Kier molecular flexibility index (Phi) is 3.42. The Balaban J connectivity index is 2.13. The summed E-state index contributed by atoms with van der Waals surface area (Å²) in [5, 5.41) is 0. The van der Waals surface area contributed by atoms with E-state index in [0.29, 0.717) is 17.1 Å². The predicted octanol–water partition coefficient (Wildman–Crippen LogP) is 2.43. The SMILES string of the molecule is COC(=O)c1cc2c(cc1N)C[N+](=O)C(c1ccccc1)=N2. The predicted molar refractivity (Wildman–Crippen MR) is 82.2 cm³/mol. The van der Waals surface area contributed by atoms with Gasteiger partial charge in [-0.05, 0) is 28.0 Å². The minimum Gasteiger partial charge on any atom is -0.465 e. The number of carbonyl (C=O) groups excluding carboxylic acids is 1. The molecule has 0 aliphatic carbocycles. The maximum atomic E-state index is 12.2. The average molecular weight is 296 g/mol. The Morgan fingerprint density at radius 2 is 2.00 bits per heavy atom. The van der Waals surface area contributed by atoms with Gasteiger partial charge in [0.25, 0.3) is 0 Å². The molecule has 2 aromatic rings. The second kappa shape index (κ2) is 5.40. The highest BCUT2D eigenvalue weighted by Gasteiger charge is 2.30. The second-order valence-corrected chi connectivity index (χ2v) is 4.90. The number of aliphatic imine (C=N–C) groups is 1. The fourth-order valence-corrected chi connectivity index (χ4v) is 2.36. The van der Waals surface area contributed by atoms with Crippen molar-refractivity contribution in [2.45, 2.75) is 6.54 Å². The number of ether oxygens (including phenoxy) is 1. The average Bonchev–Trinajstić information content (AvgIpc) is 2.54. The molecule has 1 aliphatic heterocycles. The van der Waals surface area contributed by atoms with Gasteiger partial charge < -0.3 is 10.5 Å². The molecule has 0 saturated heterocycles. The van der Waals surface area contributed by atoms with Crippen LogP contribution in [0.25, 0.3) is 0 Å². The number of benzene rings is 2. The van der Waals surface area contributed by atoms with Gasteiger partial charge in [0, 0.05) is 11.8 Å². The Bertz CT molecular complexity index is 798. The molecule has 6 heteroatoms. The fourth-order valence-electron chi connectivity index (χ4n) is 2.36. The van der Waals surface area contributed by atoms with Crippen molar-refractivity contribution in [3.05, 3.63) is 64.1 Å². The fraction of sp³-hybridized carbons (Fsp3) is 0.125. The van der Waals surface area contributed by atoms with Crippen LogP contribution in [0.5, 0.6) is 0 Å². The number of carbonyl (C=O) groups is 1. The van der Waals surface area contributed by atoms with Crippen LogP contribution in [0.1, 0.15) is 21.5 Å². The lowest BCUT2D eigenvalue weighted by Gasteiger charge is -2.10. The van der Waals surface area contributed by atoms with Crippen LogP contribution in [0.2, 0.25) is 0 Å². The molecule has 22 heavy (non-hydrogen) atoms. The smallest absolute Gasteiger partial charge is 0.369 e. The Labute approximate surface area is 126 Å². The summed E-state index contributed by atoms with van der Waals surface area (Å²) in [5.74, 6) is -0.213. The summed E-state index contributed by atoms with van der Waals surface area (Å²) in [7, 11) is 1.29. The van der Waals surface area contributed by atoms with Crippen molar-refractivity contribution in [3.63, 3.8) is 0 Å². The topological polar surface area (TPSA) is 84.8 Å². The van der Waals surface area contributed by atoms with E-state index in [1.165, 1.54) is 7.11 Å². The largest absolute Gasteiger partial charge is 0.465 e. The summed E-state index contributed by atoms with van der Waals surface area (Å²) in [6.45, 7) is 0.134. The highest BCUT2D eigenvalue weighted by atomic mass is 16.5. The number of nitrogen functional groups attached to an aromatic ring is 1. The summed E-state index contributed by atoms with van der Waals surface area (Å²) < 4.78 is 5.52. The van der Waals surface area contributed by atoms with E-state index in [1.807, 2.05) is 30.3 Å². The second-order valence-electron chi connectivity index (χ2n) is 4.90. The van der Waals surface area contributed by atoms with Crippen LogP contribution in [0.4, 0.5) is 11.4 Å². The highest BCUT2D eigenvalue weighted by Crippen LogP contribution is 2.31. The van der Waals surface area contributed by atoms with Crippen LogP contribution in [-0.2, 0) is 11.3 Å². The van der Waals surface area contributed by atoms with Gasteiger partial charge in [-0.1, -0.05) is 23.1 Å². The molecular weight excluding hydrogens is 282 g/mol. The molecule has 0 saturated carbocycles. The first-order valence-electron chi connectivity index (χ1n) is 6.69. The van der Waals surface area contributed by atoms with Crippen LogP contribution in [0.3, 0.4) is 0 Å². The maximum Gasteiger partial charge on any atom is 0.369 e. The van der Waals surface area contributed by atoms with Gasteiger partial charge in [-0.15, -0.1) is 0 Å². The maximum absolute atomic E-state index is 12.2. The van der Waals surface area contributed by atoms with Gasteiger partial charge in [0.05, 0.1) is 23.8 Å². The summed E-state index contributed by atoms with van der Waals surface area (Å²) in [6, 6.07) is 12.3. The van der Waals surface area contributed by atoms with Crippen LogP contribution in [0, 0.1) is 4.91 Å². The molecule has 3 rings (SSSR count). The molecule has 1 aliphatic rings. The van der Waals surface area contributed by atoms with E-state index in [2.05, 4.69) is 4.99 Å². The van der Waals surface area contributed by atoms with E-state index in [0.717, 1.165) is 10.3 Å². The molecule has 0 aromatic heterocycles. The van der Waals surface area contributed by atoms with Gasteiger partial charge >= 0.3 is 11.8 Å². The van der Waals surface area contributed by atoms with Crippen molar-refractivity contribution in [1.82, 2.24) is 0 Å². The van der Waals surface area contributed by atoms with Gasteiger partial charge in [-0.3, -0.25) is 0 Å². The van der Waals surface area contributed by atoms with E-state index in [9.17, 15) is 9.70 Å². The van der Waals surface area contributed by atoms with Crippen molar-refractivity contribution in [1.29, 1.82) is 0 Å². The van der Waals surface area contributed by atoms with E-state index >= 15 is 0 Å². The number of nitrogens with two attached hydrogens (primary N) is 1. The normalized spacial score (nSPS) is 13.3. The summed E-state index contributed by atoms with van der Waals surface area (Å²) in [5.41, 5.74) is 8.32. The first-order valence-corrected chi connectivity index (χ1v) is 6.69. The number of methoxy groups -OCH3 is 1. The molecule has 0 spiro atoms. The third-order valence-electron chi connectivity index (χ3n) is 3.46. The monoisotopic (exact) mass is 296 g/mol. The number of anilines is 1. The van der Waals surface area contributed by atoms with Crippen molar-refractivity contribution in [2.24, 2.45) is 4.99 Å². The van der Waals surface area contributed by atoms with Crippen LogP contribution in [0.15, 0.2) is 47.5 Å². The number of esters is 1. The molecule has 0 unspecified atom stereocenters. The molecule has 0 bridgehead atoms. The Hall–Kier alpha value is -3.02. The summed E-state index contributed by atoms with van der Waals surface area (Å²) in [6.07, 6.45) is 0. The van der Waals surface area contributed by atoms with E-state index in [1.54, 1.807) is 12.1 Å². The molecule has 6 nitrogen and oxygen atoms in total. The third-order valence-corrected chi connectivity index (χ3v) is 3.46. The Morgan fingerprint density at radius 1 is 1.27 bits per heavy atom. The first kappa shape index (κ1) is 13.9. The van der Waals surface area contributed by atoms with Crippen LogP contribution < -0.4 is 5.73 Å². The number of nitroso groups, excluding NO2 is 1. The van der Waals surface area contributed by atoms with E-state index in [4.69, 9.17) is 10.5 Å². The standard InChI is InChI=1S/C16H13N3O3/c1-22-16(20)12-8-14-11(7-13(12)17)9-19(21)15(18-14)10-5-3-2-4-6-10/h2-8H,9H2,1H3,(H-,17,20,21)/p+1. The van der Waals surface area contributed by atoms with Gasteiger partial charge in [0.1, 0.15) is 0 Å². The number of nitrogens with zero attached hydrogens (tertiary/aromatic N) is 2. The zero-order valence-electron chi connectivity index (χ0n) is 11.9. The van der Waals surface area contributed by atoms with Crippen LogP contribution >= 0.6 is 0 Å². The Morgan fingerprint density at radius 3 is 2.68 bits per heavy atom. The van der Waals surface area contributed by atoms with Gasteiger partial charge in [-0.2, -0.15) is 0 Å². The lowest BCUT2D eigenvalue weighted by molar-refractivity contribution is -0.449. The zero-order chi connectivity index (χ0) is 15.7. The highest BCUT2D eigenvalue weighted by molar-refractivity contribution is 5.99. The minimum atomic E-state index is -0.527. The van der Waals surface area contributed by atoms with Gasteiger partial charge in [0.15, 0.2) is 12.2 Å². The molecule has 0 amide bonds. The lowest BCUT2D eigenvalue weighted by atomic mass is 10.0. The van der Waals surface area contributed by atoms with Crippen LogP contribution in [-0.4, -0.2) is 23.7 Å². The summed E-state index contributed by atoms with van der Waals surface area (Å²) in [4.78, 5) is 28.3. The number of fused-ring (bicyclic) bond motifs is 1. The molecule has 1 heterocycles. The van der Waals surface area contributed by atoms with Gasteiger partial charge in [0.2, 0.25) is 0 Å². The third kappa shape index (κ3) is 2.35. The molecule has 2 N–H and O–H groups in total. The van der Waals surface area contributed by atoms with Crippen molar-refractivity contribution < 1.29 is 14.3 Å². The molecule has 0 fully saturated rings. The lowest BCUT2D eigenvalue weighted by Crippen LogP contribution is -2.22. The summed E-state index contributed by atoms with van der Waals surface area (Å²) >= 11 is 0. The zero-order valence-corrected chi connectivity index (χ0v) is 11.9. The van der Waals surface area contributed by atoms with Gasteiger partial charge in [-0.25, -0.2) is 4.79 Å². The number of hydrogen-bond donors (Lipinski definition) is 1. The first-order chi connectivity index (χ1) is 10.6. The molecule has 0 radical (unpaired) electrons. The molecule has 2 aromatic carbocycles. The number of amidine groups is 1.